The molecule has 0 rings (SSSR count). The lowest BCUT2D eigenvalue weighted by molar-refractivity contribution is 0.461. The third-order valence-electron chi connectivity index (χ3n) is 0.308. The van der Waals surface area contributed by atoms with Crippen LogP contribution in [-0.2, 0) is 0 Å². The third-order valence-corrected chi connectivity index (χ3v) is 0.308. The van der Waals surface area contributed by atoms with Crippen LogP contribution in [0.1, 0.15) is 4.11 Å². The van der Waals surface area contributed by atoms with Crippen molar-refractivity contribution in [1.82, 2.24) is 4.90 Å². The van der Waals surface area contributed by atoms with Crippen molar-refractivity contribution in [2.75, 3.05) is 20.6 Å². The van der Waals surface area contributed by atoms with Gasteiger partial charge in [-0.15, -0.1) is 0 Å². The molecule has 0 unspecified atom stereocenters. The Hall–Kier alpha value is -0.550. The first-order chi connectivity index (χ1) is 3.98. The highest BCUT2D eigenvalue weighted by molar-refractivity contribution is 4.71. The fraction of sp³-hybridized carbons (Fsp3) is 0.750. The molecule has 0 aromatic rings. The summed E-state index contributed by atoms with van der Waals surface area (Å²) in [7, 11) is 1.39. The Kier molecular flexibility index (Phi) is 0.867. The second kappa shape index (κ2) is 2.67. The minimum Gasteiger partial charge on any atom is -0.297 e. The fourth-order valence-corrected chi connectivity index (χ4v) is 0.106. The molecule has 0 N–H and O–H groups in total. The molecule has 0 saturated heterocycles. The number of rotatable bonds is 1. The van der Waals surface area contributed by atoms with Crippen molar-refractivity contribution in [2.45, 2.75) is 0 Å². The summed E-state index contributed by atoms with van der Waals surface area (Å²) in [6.07, 6.45) is 0. The van der Waals surface area contributed by atoms with Crippen LogP contribution in [0.4, 0.5) is 0 Å². The molecule has 0 bridgehead atoms. The van der Waals surface area contributed by atoms with Crippen LogP contribution in [-0.4, -0.2) is 25.5 Å². The van der Waals surface area contributed by atoms with Gasteiger partial charge in [0.2, 0.25) is 0 Å². The van der Waals surface area contributed by atoms with Crippen molar-refractivity contribution in [3.05, 3.63) is 0 Å². The molecule has 34 valence electrons. The summed E-state index contributed by atoms with van der Waals surface area (Å²) in [4.78, 5) is 1.01. The van der Waals surface area contributed by atoms with Gasteiger partial charge in [0.1, 0.15) is 0 Å². The molecule has 6 heavy (non-hydrogen) atoms. The highest BCUT2D eigenvalue weighted by atomic mass is 15.0. The average molecular weight is 87.1 g/mol. The zero-order valence-corrected chi connectivity index (χ0v) is 3.60. The second-order valence-electron chi connectivity index (χ2n) is 1.01. The molecule has 0 aromatic carbocycles. The Morgan fingerprint density at radius 1 is 2.17 bits per heavy atom. The van der Waals surface area contributed by atoms with Crippen LogP contribution in [0.2, 0.25) is 0 Å². The van der Waals surface area contributed by atoms with Crippen LogP contribution in [0, 0.1) is 11.3 Å². The normalized spacial score (nSPS) is 17.8. The van der Waals surface area contributed by atoms with Crippen LogP contribution >= 0.6 is 0 Å². The maximum atomic E-state index is 8.06. The first-order valence-corrected chi connectivity index (χ1v) is 1.56. The molecular weight excluding hydrogens is 76.1 g/mol. The van der Waals surface area contributed by atoms with Gasteiger partial charge >= 0.3 is 0 Å². The maximum absolute atomic E-state index is 8.06. The Morgan fingerprint density at radius 3 is 3.00 bits per heavy atom. The monoisotopic (exact) mass is 87.1 g/mol. The molecular formula is C4H8N2. The predicted molar refractivity (Wildman–Crippen MR) is 24.2 cm³/mol. The highest BCUT2D eigenvalue weighted by Crippen LogP contribution is 1.64. The summed E-state index contributed by atoms with van der Waals surface area (Å²) in [5, 5.41) is 8.06. The van der Waals surface area contributed by atoms with E-state index in [2.05, 4.69) is 0 Å². The van der Waals surface area contributed by atoms with Crippen molar-refractivity contribution in [3.8, 4) is 6.07 Å². The summed E-state index contributed by atoms with van der Waals surface area (Å²) in [6.45, 7) is -2.19. The lowest BCUT2D eigenvalue weighted by Crippen LogP contribution is -2.10. The van der Waals surface area contributed by atoms with E-state index in [0.717, 1.165) is 4.90 Å². The third kappa shape index (κ3) is 3.45. The van der Waals surface area contributed by atoms with Crippen molar-refractivity contribution in [1.29, 1.82) is 5.26 Å². The van der Waals surface area contributed by atoms with E-state index in [-0.39, 0.29) is 6.54 Å². The van der Waals surface area contributed by atoms with E-state index in [1.54, 1.807) is 6.07 Å². The average Bonchev–Trinajstić information content (AvgIpc) is 1.64. The molecule has 0 radical (unpaired) electrons. The van der Waals surface area contributed by atoms with Crippen LogP contribution in [0.15, 0.2) is 0 Å². The molecule has 0 saturated carbocycles. The SMILES string of the molecule is [2H]C([2H])([2H])N(C)CC#N. The molecule has 0 atom stereocenters. The van der Waals surface area contributed by atoms with Gasteiger partial charge in [0.15, 0.2) is 0 Å². The molecule has 0 aliphatic heterocycles. The van der Waals surface area contributed by atoms with E-state index in [9.17, 15) is 0 Å². The smallest absolute Gasteiger partial charge is 0.0861 e. The Bertz CT molecular complexity index is 123. The molecule has 0 aromatic heterocycles. The molecule has 2 nitrogen and oxygen atoms in total. The van der Waals surface area contributed by atoms with Crippen molar-refractivity contribution in [2.24, 2.45) is 0 Å². The lowest BCUT2D eigenvalue weighted by Gasteiger charge is -1.97. The Labute approximate surface area is 42.2 Å². The van der Waals surface area contributed by atoms with Crippen LogP contribution in [0.25, 0.3) is 0 Å². The minimum atomic E-state index is -2.13. The van der Waals surface area contributed by atoms with Gasteiger partial charge in [-0.1, -0.05) is 0 Å². The number of hydrogen-bond acceptors (Lipinski definition) is 2. The fourth-order valence-electron chi connectivity index (χ4n) is 0.106. The van der Waals surface area contributed by atoms with E-state index >= 15 is 0 Å². The first kappa shape index (κ1) is 1.94. The molecule has 0 amide bonds. The quantitative estimate of drug-likeness (QED) is 0.423. The van der Waals surface area contributed by atoms with Crippen molar-refractivity contribution < 1.29 is 4.11 Å². The standard InChI is InChI=1S/C4H8N2/c1-6(2)4-3-5/h4H2,1-2H3/i1D3. The first-order valence-electron chi connectivity index (χ1n) is 3.06. The van der Waals surface area contributed by atoms with Crippen LogP contribution in [0.3, 0.4) is 0 Å². The number of nitrogens with zero attached hydrogens (tertiary/aromatic N) is 2. The topological polar surface area (TPSA) is 27.0 Å². The summed E-state index contributed by atoms with van der Waals surface area (Å²) < 4.78 is 20.2. The molecule has 0 heterocycles. The summed E-state index contributed by atoms with van der Waals surface area (Å²) in [6, 6.07) is 1.74. The van der Waals surface area contributed by atoms with Crippen molar-refractivity contribution >= 4 is 0 Å². The van der Waals surface area contributed by atoms with Gasteiger partial charge in [-0.05, 0) is 14.0 Å². The van der Waals surface area contributed by atoms with Gasteiger partial charge < -0.3 is 0 Å². The number of nitriles is 1. The van der Waals surface area contributed by atoms with Gasteiger partial charge in [-0.3, -0.25) is 4.90 Å². The molecule has 0 spiro atoms. The van der Waals surface area contributed by atoms with Gasteiger partial charge in [0, 0.05) is 4.11 Å². The van der Waals surface area contributed by atoms with E-state index in [1.807, 2.05) is 0 Å². The van der Waals surface area contributed by atoms with E-state index < -0.39 is 6.98 Å². The van der Waals surface area contributed by atoms with Gasteiger partial charge in [0.25, 0.3) is 0 Å². The second-order valence-corrected chi connectivity index (χ2v) is 1.01. The zero-order chi connectivity index (χ0) is 7.49. The predicted octanol–water partition coefficient (Wildman–Crippen LogP) is 0.0716. The molecule has 0 fully saturated rings. The number of hydrogen-bond donors (Lipinski definition) is 0. The Balaban J connectivity index is 3.76. The van der Waals surface area contributed by atoms with Gasteiger partial charge in [0.05, 0.1) is 12.6 Å². The molecule has 2 heteroatoms. The molecule has 0 aliphatic rings. The van der Waals surface area contributed by atoms with Gasteiger partial charge in [-0.25, -0.2) is 0 Å². The Morgan fingerprint density at radius 2 is 2.83 bits per heavy atom. The summed E-state index contributed by atoms with van der Waals surface area (Å²) in [5.74, 6) is 0. The molecule has 0 aliphatic carbocycles. The maximum Gasteiger partial charge on any atom is 0.0861 e. The summed E-state index contributed by atoms with van der Waals surface area (Å²) in [5.41, 5.74) is 0. The van der Waals surface area contributed by atoms with Crippen LogP contribution < -0.4 is 0 Å². The lowest BCUT2D eigenvalue weighted by atomic mass is 10.7. The zero-order valence-electron chi connectivity index (χ0n) is 6.60. The van der Waals surface area contributed by atoms with E-state index in [1.165, 1.54) is 7.05 Å². The highest BCUT2D eigenvalue weighted by Gasteiger charge is 1.78. The summed E-state index contributed by atoms with van der Waals surface area (Å²) >= 11 is 0. The van der Waals surface area contributed by atoms with Gasteiger partial charge in [-0.2, -0.15) is 5.26 Å². The van der Waals surface area contributed by atoms with Crippen LogP contribution in [0.5, 0.6) is 0 Å². The van der Waals surface area contributed by atoms with E-state index in [0.29, 0.717) is 0 Å². The minimum absolute atomic E-state index is 0.0590. The van der Waals surface area contributed by atoms with Crippen molar-refractivity contribution in [3.63, 3.8) is 0 Å². The largest absolute Gasteiger partial charge is 0.297 e. The van der Waals surface area contributed by atoms with E-state index in [4.69, 9.17) is 9.37 Å².